The maximum atomic E-state index is 9.18. The number of hydrogen-bond acceptors (Lipinski definition) is 4. The number of rotatable bonds is 8. The molecule has 0 aliphatic carbocycles. The van der Waals surface area contributed by atoms with Crippen molar-refractivity contribution in [1.29, 1.82) is 5.26 Å². The smallest absolute Gasteiger partial charge is 0.119 e. The Morgan fingerprint density at radius 3 is 2.84 bits per heavy atom. The molecule has 1 atom stereocenters. The molecule has 0 bridgehead atoms. The summed E-state index contributed by atoms with van der Waals surface area (Å²) in [5, 5.41) is 21.3. The monoisotopic (exact) mass is 262 g/mol. The Bertz CT molecular complexity index is 422. The lowest BCUT2D eigenvalue weighted by Crippen LogP contribution is -2.41. The minimum absolute atomic E-state index is 0.0182. The van der Waals surface area contributed by atoms with E-state index in [0.29, 0.717) is 6.61 Å². The maximum Gasteiger partial charge on any atom is 0.119 e. The van der Waals surface area contributed by atoms with E-state index in [1.54, 1.807) is 0 Å². The number of benzene rings is 1. The van der Waals surface area contributed by atoms with Crippen LogP contribution in [0, 0.1) is 11.3 Å². The van der Waals surface area contributed by atoms with Crippen molar-refractivity contribution in [2.45, 2.75) is 38.3 Å². The number of aliphatic hydroxyl groups excluding tert-OH is 1. The minimum atomic E-state index is -0.448. The van der Waals surface area contributed by atoms with Gasteiger partial charge in [0, 0.05) is 0 Å². The molecule has 104 valence electrons. The molecular weight excluding hydrogens is 240 g/mol. The van der Waals surface area contributed by atoms with Crippen molar-refractivity contribution in [2.24, 2.45) is 0 Å². The molecule has 0 heterocycles. The van der Waals surface area contributed by atoms with Crippen LogP contribution in [0.1, 0.15) is 31.7 Å². The van der Waals surface area contributed by atoms with Crippen LogP contribution in [-0.2, 0) is 6.61 Å². The summed E-state index contributed by atoms with van der Waals surface area (Å²) < 4.78 is 5.63. The Hall–Kier alpha value is -1.57. The number of hydrogen-bond donors (Lipinski definition) is 2. The normalized spacial score (nSPS) is 13.6. The lowest BCUT2D eigenvalue weighted by molar-refractivity contribution is 0.273. The van der Waals surface area contributed by atoms with Crippen LogP contribution >= 0.6 is 0 Å². The molecular formula is C15H22N2O2. The van der Waals surface area contributed by atoms with Gasteiger partial charge in [0.1, 0.15) is 11.3 Å². The Morgan fingerprint density at radius 2 is 2.26 bits per heavy atom. The third kappa shape index (κ3) is 4.55. The van der Waals surface area contributed by atoms with Crippen LogP contribution in [0.3, 0.4) is 0 Å². The van der Waals surface area contributed by atoms with Gasteiger partial charge in [-0.15, -0.1) is 0 Å². The molecule has 19 heavy (non-hydrogen) atoms. The zero-order chi connectivity index (χ0) is 14.1. The standard InChI is InChI=1S/C15H22N2O2/c1-3-15(12-16,17-2)8-5-9-19-14-7-4-6-13(10-14)11-18/h4,6-7,10,17-18H,3,5,8-9,11H2,1-2H3. The number of nitrogens with zero attached hydrogens (tertiary/aromatic N) is 1. The van der Waals surface area contributed by atoms with Gasteiger partial charge >= 0.3 is 0 Å². The van der Waals surface area contributed by atoms with Crippen molar-refractivity contribution in [2.75, 3.05) is 13.7 Å². The topological polar surface area (TPSA) is 65.3 Å². The van der Waals surface area contributed by atoms with Gasteiger partial charge in [0.2, 0.25) is 0 Å². The van der Waals surface area contributed by atoms with Crippen LogP contribution in [0.5, 0.6) is 5.75 Å². The van der Waals surface area contributed by atoms with Crippen LogP contribution < -0.4 is 10.1 Å². The molecule has 1 unspecified atom stereocenters. The van der Waals surface area contributed by atoms with Gasteiger partial charge in [-0.2, -0.15) is 5.26 Å². The van der Waals surface area contributed by atoms with Crippen LogP contribution in [0.25, 0.3) is 0 Å². The van der Waals surface area contributed by atoms with E-state index in [0.717, 1.165) is 30.6 Å². The summed E-state index contributed by atoms with van der Waals surface area (Å²) in [5.74, 6) is 0.759. The first-order valence-corrected chi connectivity index (χ1v) is 6.62. The number of nitrogens with one attached hydrogen (secondary N) is 1. The molecule has 1 aromatic rings. The van der Waals surface area contributed by atoms with Crippen molar-refractivity contribution >= 4 is 0 Å². The lowest BCUT2D eigenvalue weighted by Gasteiger charge is -2.24. The molecule has 0 saturated heterocycles. The first kappa shape index (κ1) is 15.5. The predicted molar refractivity (Wildman–Crippen MR) is 74.8 cm³/mol. The number of aliphatic hydroxyl groups is 1. The van der Waals surface area contributed by atoms with Gasteiger partial charge in [-0.05, 0) is 44.0 Å². The molecule has 0 spiro atoms. The summed E-state index contributed by atoms with van der Waals surface area (Å²) in [7, 11) is 1.82. The summed E-state index contributed by atoms with van der Waals surface area (Å²) in [6.45, 7) is 2.59. The third-order valence-corrected chi connectivity index (χ3v) is 3.39. The van der Waals surface area contributed by atoms with E-state index in [-0.39, 0.29) is 6.61 Å². The Labute approximate surface area is 115 Å². The zero-order valence-corrected chi connectivity index (χ0v) is 11.6. The van der Waals surface area contributed by atoms with E-state index in [4.69, 9.17) is 9.84 Å². The second kappa shape index (κ2) is 7.78. The number of ether oxygens (including phenoxy) is 1. The highest BCUT2D eigenvalue weighted by atomic mass is 16.5. The van der Waals surface area contributed by atoms with Gasteiger partial charge in [0.25, 0.3) is 0 Å². The van der Waals surface area contributed by atoms with Crippen LogP contribution in [-0.4, -0.2) is 24.3 Å². The lowest BCUT2D eigenvalue weighted by atomic mass is 9.92. The fourth-order valence-corrected chi connectivity index (χ4v) is 1.97. The van der Waals surface area contributed by atoms with E-state index in [1.807, 2.05) is 38.2 Å². The highest BCUT2D eigenvalue weighted by molar-refractivity contribution is 5.27. The van der Waals surface area contributed by atoms with E-state index >= 15 is 0 Å². The molecule has 0 fully saturated rings. The Kier molecular flexibility index (Phi) is 6.34. The quantitative estimate of drug-likeness (QED) is 0.705. The molecule has 0 saturated carbocycles. The highest BCUT2D eigenvalue weighted by Crippen LogP contribution is 2.17. The van der Waals surface area contributed by atoms with Crippen LogP contribution in [0.2, 0.25) is 0 Å². The summed E-state index contributed by atoms with van der Waals surface area (Å²) in [6.07, 6.45) is 2.35. The van der Waals surface area contributed by atoms with Gasteiger partial charge in [-0.3, -0.25) is 0 Å². The van der Waals surface area contributed by atoms with Gasteiger partial charge < -0.3 is 15.2 Å². The van der Waals surface area contributed by atoms with Gasteiger partial charge in [0.05, 0.1) is 19.3 Å². The summed E-state index contributed by atoms with van der Waals surface area (Å²) in [4.78, 5) is 0. The largest absolute Gasteiger partial charge is 0.494 e. The minimum Gasteiger partial charge on any atom is -0.494 e. The van der Waals surface area contributed by atoms with E-state index in [1.165, 1.54) is 0 Å². The molecule has 0 aliphatic rings. The first-order valence-electron chi connectivity index (χ1n) is 6.62. The molecule has 0 radical (unpaired) electrons. The molecule has 4 nitrogen and oxygen atoms in total. The molecule has 1 rings (SSSR count). The van der Waals surface area contributed by atoms with Crippen molar-refractivity contribution < 1.29 is 9.84 Å². The molecule has 2 N–H and O–H groups in total. The molecule has 1 aromatic carbocycles. The second-order valence-electron chi connectivity index (χ2n) is 4.55. The van der Waals surface area contributed by atoms with Gasteiger partial charge in [-0.25, -0.2) is 0 Å². The van der Waals surface area contributed by atoms with E-state index < -0.39 is 5.54 Å². The van der Waals surface area contributed by atoms with E-state index in [2.05, 4.69) is 11.4 Å². The Balaban J connectivity index is 2.40. The molecule has 0 amide bonds. The van der Waals surface area contributed by atoms with Crippen LogP contribution in [0.4, 0.5) is 0 Å². The fraction of sp³-hybridized carbons (Fsp3) is 0.533. The zero-order valence-electron chi connectivity index (χ0n) is 11.6. The van der Waals surface area contributed by atoms with Crippen molar-refractivity contribution in [3.63, 3.8) is 0 Å². The van der Waals surface area contributed by atoms with Crippen molar-refractivity contribution in [1.82, 2.24) is 5.32 Å². The average molecular weight is 262 g/mol. The molecule has 0 aromatic heterocycles. The van der Waals surface area contributed by atoms with Gasteiger partial charge in [0.15, 0.2) is 0 Å². The van der Waals surface area contributed by atoms with Crippen molar-refractivity contribution in [3.8, 4) is 11.8 Å². The average Bonchev–Trinajstić information content (AvgIpc) is 2.48. The summed E-state index contributed by atoms with van der Waals surface area (Å²) in [6, 6.07) is 9.74. The van der Waals surface area contributed by atoms with Gasteiger partial charge in [-0.1, -0.05) is 19.1 Å². The molecule has 0 aliphatic heterocycles. The highest BCUT2D eigenvalue weighted by Gasteiger charge is 2.24. The van der Waals surface area contributed by atoms with E-state index in [9.17, 15) is 5.26 Å². The summed E-state index contributed by atoms with van der Waals surface area (Å²) >= 11 is 0. The molecule has 4 heteroatoms. The number of nitriles is 1. The predicted octanol–water partition coefficient (Wildman–Crippen LogP) is 2.23. The SMILES string of the molecule is CCC(C#N)(CCCOc1cccc(CO)c1)NC. The summed E-state index contributed by atoms with van der Waals surface area (Å²) in [5.41, 5.74) is 0.392. The third-order valence-electron chi connectivity index (χ3n) is 3.39. The fourth-order valence-electron chi connectivity index (χ4n) is 1.97. The Morgan fingerprint density at radius 1 is 1.47 bits per heavy atom. The first-order chi connectivity index (χ1) is 9.19. The maximum absolute atomic E-state index is 9.18. The second-order valence-corrected chi connectivity index (χ2v) is 4.55. The van der Waals surface area contributed by atoms with Crippen molar-refractivity contribution in [3.05, 3.63) is 29.8 Å². The van der Waals surface area contributed by atoms with Crippen LogP contribution in [0.15, 0.2) is 24.3 Å².